The molecule has 0 aromatic heterocycles. The molecule has 12 heavy (non-hydrogen) atoms. The van der Waals surface area contributed by atoms with Gasteiger partial charge in [-0.2, -0.15) is 0 Å². The van der Waals surface area contributed by atoms with E-state index in [4.69, 9.17) is 5.11 Å². The third-order valence-corrected chi connectivity index (χ3v) is 1.74. The van der Waals surface area contributed by atoms with Crippen molar-refractivity contribution in [1.82, 2.24) is 0 Å². The Hall–Kier alpha value is -0.610. The monoisotopic (exact) mass is 176 g/mol. The predicted octanol–water partition coefficient (Wildman–Crippen LogP) is -0.0817. The minimum atomic E-state index is -0.830. The average molecular weight is 176 g/mol. The molecule has 0 fully saturated rings. The van der Waals surface area contributed by atoms with Crippen LogP contribution in [0.25, 0.3) is 0 Å². The summed E-state index contributed by atoms with van der Waals surface area (Å²) in [6.45, 7) is 2.42. The normalized spacial score (nSPS) is 14.3. The van der Waals surface area contributed by atoms with Crippen LogP contribution in [0, 0.1) is 0 Å². The number of nitrogens with zero attached hydrogens (tertiary/aromatic N) is 1. The molecule has 0 aromatic carbocycles. The van der Waals surface area contributed by atoms with Crippen LogP contribution in [-0.4, -0.2) is 54.0 Å². The van der Waals surface area contributed by atoms with Crippen molar-refractivity contribution in [3.05, 3.63) is 0 Å². The third-order valence-electron chi connectivity index (χ3n) is 1.74. The van der Waals surface area contributed by atoms with Crippen LogP contribution in [-0.2, 0) is 4.79 Å². The van der Waals surface area contributed by atoms with Crippen LogP contribution in [0.5, 0.6) is 0 Å². The predicted molar refractivity (Wildman–Crippen MR) is 45.8 cm³/mol. The van der Waals surface area contributed by atoms with E-state index in [1.54, 1.807) is 14.1 Å². The molecule has 1 unspecified atom stereocenters. The van der Waals surface area contributed by atoms with Gasteiger partial charge in [-0.1, -0.05) is 6.92 Å². The molecule has 0 spiro atoms. The Labute approximate surface area is 73.0 Å². The fourth-order valence-corrected chi connectivity index (χ4v) is 1.13. The molecular formula is C8H18NO3+. The second kappa shape index (κ2) is 4.42. The van der Waals surface area contributed by atoms with E-state index in [0.717, 1.165) is 0 Å². The van der Waals surface area contributed by atoms with E-state index in [1.807, 2.05) is 6.92 Å². The number of aliphatic carboxylic acids is 1. The molecule has 0 aliphatic heterocycles. The van der Waals surface area contributed by atoms with Crippen molar-refractivity contribution in [3.63, 3.8) is 0 Å². The molecule has 4 heteroatoms. The number of carboxylic acid groups (broad SMARTS) is 1. The van der Waals surface area contributed by atoms with Crippen molar-refractivity contribution >= 4 is 5.97 Å². The first kappa shape index (κ1) is 11.4. The van der Waals surface area contributed by atoms with E-state index >= 15 is 0 Å². The van der Waals surface area contributed by atoms with E-state index < -0.39 is 12.1 Å². The van der Waals surface area contributed by atoms with E-state index in [1.165, 1.54) is 0 Å². The van der Waals surface area contributed by atoms with Crippen LogP contribution < -0.4 is 0 Å². The number of aliphatic hydroxyl groups is 1. The lowest BCUT2D eigenvalue weighted by Gasteiger charge is -2.29. The minimum Gasteiger partial charge on any atom is -0.477 e. The first-order valence-electron chi connectivity index (χ1n) is 4.09. The number of carbonyl (C=O) groups is 1. The second-order valence-corrected chi connectivity index (χ2v) is 3.73. The lowest BCUT2D eigenvalue weighted by molar-refractivity contribution is -0.886. The lowest BCUT2D eigenvalue weighted by Crippen LogP contribution is -2.48. The third kappa shape index (κ3) is 5.09. The smallest absolute Gasteiger partial charge is 0.359 e. The maximum Gasteiger partial charge on any atom is 0.359 e. The molecule has 0 saturated heterocycles. The highest BCUT2D eigenvalue weighted by Crippen LogP contribution is 2.01. The largest absolute Gasteiger partial charge is 0.477 e. The molecule has 4 nitrogen and oxygen atoms in total. The molecular weight excluding hydrogens is 158 g/mol. The number of aliphatic hydroxyl groups excluding tert-OH is 1. The molecule has 0 aromatic rings. The quantitative estimate of drug-likeness (QED) is 0.576. The Bertz CT molecular complexity index is 156. The molecule has 0 aliphatic carbocycles. The van der Waals surface area contributed by atoms with Crippen molar-refractivity contribution in [2.75, 3.05) is 27.2 Å². The average Bonchev–Trinajstić information content (AvgIpc) is 1.83. The van der Waals surface area contributed by atoms with Gasteiger partial charge < -0.3 is 14.7 Å². The zero-order valence-corrected chi connectivity index (χ0v) is 7.95. The Kier molecular flexibility index (Phi) is 4.20. The van der Waals surface area contributed by atoms with Gasteiger partial charge in [0, 0.05) is 0 Å². The van der Waals surface area contributed by atoms with Gasteiger partial charge in [0.05, 0.1) is 14.1 Å². The number of hydrogen-bond donors (Lipinski definition) is 2. The maximum absolute atomic E-state index is 10.4. The van der Waals surface area contributed by atoms with Gasteiger partial charge in [0.15, 0.2) is 6.54 Å². The van der Waals surface area contributed by atoms with Gasteiger partial charge in [-0.05, 0) is 6.42 Å². The van der Waals surface area contributed by atoms with E-state index in [0.29, 0.717) is 17.4 Å². The number of hydrogen-bond acceptors (Lipinski definition) is 2. The fraction of sp³-hybridized carbons (Fsp3) is 0.875. The summed E-state index contributed by atoms with van der Waals surface area (Å²) < 4.78 is 0.324. The molecule has 0 aliphatic rings. The van der Waals surface area contributed by atoms with Gasteiger partial charge in [0.1, 0.15) is 12.6 Å². The molecule has 0 bridgehead atoms. The van der Waals surface area contributed by atoms with Crippen LogP contribution in [0.15, 0.2) is 0 Å². The van der Waals surface area contributed by atoms with Gasteiger partial charge in [-0.3, -0.25) is 0 Å². The highest BCUT2D eigenvalue weighted by molar-refractivity contribution is 5.67. The standard InChI is InChI=1S/C8H17NO3/c1-4-7(10)5-9(2,3)6-8(11)12/h7,10H,4-6H2,1-3H3/p+1. The molecule has 0 rings (SSSR count). The molecule has 0 radical (unpaired) electrons. The Morgan fingerprint density at radius 2 is 2.00 bits per heavy atom. The van der Waals surface area contributed by atoms with Crippen molar-refractivity contribution < 1.29 is 19.5 Å². The van der Waals surface area contributed by atoms with Crippen LogP contribution >= 0.6 is 0 Å². The zero-order valence-electron chi connectivity index (χ0n) is 7.95. The summed E-state index contributed by atoms with van der Waals surface area (Å²) in [5.74, 6) is -0.830. The Morgan fingerprint density at radius 1 is 1.50 bits per heavy atom. The summed E-state index contributed by atoms with van der Waals surface area (Å²) in [6, 6.07) is 0. The van der Waals surface area contributed by atoms with E-state index in [-0.39, 0.29) is 6.54 Å². The fourth-order valence-electron chi connectivity index (χ4n) is 1.13. The Balaban J connectivity index is 3.94. The second-order valence-electron chi connectivity index (χ2n) is 3.73. The summed E-state index contributed by atoms with van der Waals surface area (Å²) in [5.41, 5.74) is 0. The highest BCUT2D eigenvalue weighted by atomic mass is 16.4. The van der Waals surface area contributed by atoms with Crippen molar-refractivity contribution in [2.24, 2.45) is 0 Å². The van der Waals surface area contributed by atoms with E-state index in [2.05, 4.69) is 0 Å². The van der Waals surface area contributed by atoms with Crippen LogP contribution in [0.2, 0.25) is 0 Å². The lowest BCUT2D eigenvalue weighted by atomic mass is 10.2. The SMILES string of the molecule is CCC(O)C[N+](C)(C)CC(=O)O. The van der Waals surface area contributed by atoms with Crippen molar-refractivity contribution in [1.29, 1.82) is 0 Å². The number of rotatable bonds is 5. The number of quaternary nitrogens is 1. The maximum atomic E-state index is 10.4. The van der Waals surface area contributed by atoms with Gasteiger partial charge in [0.2, 0.25) is 0 Å². The summed E-state index contributed by atoms with van der Waals surface area (Å²) in [6.07, 6.45) is 0.265. The summed E-state index contributed by atoms with van der Waals surface area (Å²) in [5, 5.41) is 17.8. The van der Waals surface area contributed by atoms with Gasteiger partial charge in [-0.25, -0.2) is 4.79 Å². The van der Waals surface area contributed by atoms with Gasteiger partial charge in [-0.15, -0.1) is 0 Å². The summed E-state index contributed by atoms with van der Waals surface area (Å²) >= 11 is 0. The summed E-state index contributed by atoms with van der Waals surface area (Å²) in [7, 11) is 3.60. The minimum absolute atomic E-state index is 0.0526. The van der Waals surface area contributed by atoms with Gasteiger partial charge >= 0.3 is 5.97 Å². The number of carboxylic acids is 1. The van der Waals surface area contributed by atoms with Gasteiger partial charge in [0.25, 0.3) is 0 Å². The first-order chi connectivity index (χ1) is 5.37. The van der Waals surface area contributed by atoms with Crippen molar-refractivity contribution in [3.8, 4) is 0 Å². The zero-order chi connectivity index (χ0) is 9.78. The van der Waals surface area contributed by atoms with Crippen molar-refractivity contribution in [2.45, 2.75) is 19.4 Å². The van der Waals surface area contributed by atoms with Crippen LogP contribution in [0.1, 0.15) is 13.3 Å². The van der Waals surface area contributed by atoms with Crippen LogP contribution in [0.4, 0.5) is 0 Å². The molecule has 0 saturated carbocycles. The molecule has 1 atom stereocenters. The molecule has 0 heterocycles. The molecule has 0 amide bonds. The molecule has 72 valence electrons. The number of likely N-dealkylation sites (N-methyl/N-ethyl adjacent to an activating group) is 1. The summed E-state index contributed by atoms with van der Waals surface area (Å²) in [4.78, 5) is 10.4. The molecule has 2 N–H and O–H groups in total. The Morgan fingerprint density at radius 3 is 2.33 bits per heavy atom. The van der Waals surface area contributed by atoms with Crippen LogP contribution in [0.3, 0.4) is 0 Å². The highest BCUT2D eigenvalue weighted by Gasteiger charge is 2.22. The first-order valence-corrected chi connectivity index (χ1v) is 4.09. The van der Waals surface area contributed by atoms with E-state index in [9.17, 15) is 9.90 Å². The topological polar surface area (TPSA) is 57.5 Å².